The van der Waals surface area contributed by atoms with Crippen molar-refractivity contribution in [2.24, 2.45) is 0 Å². The third-order valence-electron chi connectivity index (χ3n) is 13.0. The van der Waals surface area contributed by atoms with Crippen LogP contribution in [0.5, 0.6) is 11.5 Å². The van der Waals surface area contributed by atoms with Crippen LogP contribution in [-0.4, -0.2) is 19.9 Å². The van der Waals surface area contributed by atoms with Gasteiger partial charge in [0.2, 0.25) is 0 Å². The summed E-state index contributed by atoms with van der Waals surface area (Å²) in [5.41, 5.74) is 14.7. The second kappa shape index (κ2) is 14.3. The Morgan fingerprint density at radius 2 is 0.812 bits per heavy atom. The van der Waals surface area contributed by atoms with Crippen LogP contribution < -0.4 is 4.74 Å². The van der Waals surface area contributed by atoms with Crippen LogP contribution >= 0.6 is 0 Å². The van der Waals surface area contributed by atoms with Crippen LogP contribution in [0.25, 0.3) is 89.4 Å². The molecule has 5 nitrogen and oxygen atoms in total. The van der Waals surface area contributed by atoms with E-state index in [2.05, 4.69) is 158 Å². The maximum absolute atomic E-state index is 6.63. The van der Waals surface area contributed by atoms with Crippen molar-refractivity contribution in [2.45, 2.75) is 5.41 Å². The van der Waals surface area contributed by atoms with Crippen molar-refractivity contribution in [3.63, 3.8) is 0 Å². The molecule has 298 valence electrons. The second-order valence-corrected chi connectivity index (χ2v) is 16.5. The molecule has 0 fully saturated rings. The average Bonchev–Trinajstić information content (AvgIpc) is 3.65. The quantitative estimate of drug-likeness (QED) is 0.162. The molecule has 0 unspecified atom stereocenters. The molecule has 1 aliphatic carbocycles. The summed E-state index contributed by atoms with van der Waals surface area (Å²) in [6, 6.07) is 76.8. The summed E-state index contributed by atoms with van der Waals surface area (Å²) < 4.78 is 6.63. The van der Waals surface area contributed by atoms with Crippen molar-refractivity contribution in [1.29, 1.82) is 0 Å². The van der Waals surface area contributed by atoms with Gasteiger partial charge in [0.1, 0.15) is 11.5 Å². The summed E-state index contributed by atoms with van der Waals surface area (Å²) in [5.74, 6) is 3.68. The number of pyridine rings is 1. The summed E-state index contributed by atoms with van der Waals surface area (Å²) in [5, 5.41) is 3.41. The van der Waals surface area contributed by atoms with E-state index in [9.17, 15) is 0 Å². The Labute approximate surface area is 370 Å². The van der Waals surface area contributed by atoms with Crippen LogP contribution in [0, 0.1) is 0 Å². The summed E-state index contributed by atoms with van der Waals surface area (Å²) in [6.07, 6.45) is 0. The Morgan fingerprint density at radius 1 is 0.297 bits per heavy atom. The van der Waals surface area contributed by atoms with Gasteiger partial charge < -0.3 is 4.74 Å². The maximum atomic E-state index is 6.63. The van der Waals surface area contributed by atoms with Gasteiger partial charge in [0.05, 0.1) is 16.6 Å². The first-order valence-corrected chi connectivity index (χ1v) is 21.6. The highest BCUT2D eigenvalue weighted by Gasteiger charge is 2.51. The number of ether oxygens (including phenoxy) is 1. The zero-order valence-electron chi connectivity index (χ0n) is 34.5. The second-order valence-electron chi connectivity index (χ2n) is 16.5. The van der Waals surface area contributed by atoms with Gasteiger partial charge in [0.25, 0.3) is 0 Å². The fraction of sp³-hybridized carbons (Fsp3) is 0.0169. The molecule has 5 heteroatoms. The molecule has 11 aromatic rings. The summed E-state index contributed by atoms with van der Waals surface area (Å²) in [6.45, 7) is 0. The molecule has 0 saturated carbocycles. The van der Waals surface area contributed by atoms with Crippen LogP contribution in [0.2, 0.25) is 0 Å². The summed E-state index contributed by atoms with van der Waals surface area (Å²) in [4.78, 5) is 20.2. The molecule has 2 aliphatic rings. The zero-order valence-corrected chi connectivity index (χ0v) is 34.5. The number of fused-ring (bicyclic) bond motifs is 12. The van der Waals surface area contributed by atoms with Crippen molar-refractivity contribution in [3.8, 4) is 79.2 Å². The topological polar surface area (TPSA) is 60.8 Å². The van der Waals surface area contributed by atoms with Gasteiger partial charge in [-0.05, 0) is 75.2 Å². The molecule has 0 N–H and O–H groups in total. The molecule has 0 saturated heterocycles. The third kappa shape index (κ3) is 5.51. The van der Waals surface area contributed by atoms with Crippen LogP contribution in [0.3, 0.4) is 0 Å². The van der Waals surface area contributed by atoms with E-state index in [0.29, 0.717) is 17.5 Å². The minimum atomic E-state index is -0.560. The fourth-order valence-corrected chi connectivity index (χ4v) is 10.1. The van der Waals surface area contributed by atoms with Gasteiger partial charge in [-0.2, -0.15) is 0 Å². The summed E-state index contributed by atoms with van der Waals surface area (Å²) >= 11 is 0. The normalized spacial score (nSPS) is 12.9. The Bertz CT molecular complexity index is 3540. The van der Waals surface area contributed by atoms with Gasteiger partial charge in [-0.1, -0.05) is 182 Å². The Kier molecular flexibility index (Phi) is 8.06. The van der Waals surface area contributed by atoms with Gasteiger partial charge in [-0.15, -0.1) is 0 Å². The lowest BCUT2D eigenvalue weighted by atomic mass is 9.66. The standard InChI is InChI=1S/C59H36N4O/c1-3-16-38(17-4-1)56-61-57(39-18-5-2-6-19-39)63-58(62-56)40-32-30-37(31-33-40)41-20-15-21-42(34-41)55-47-35-46-43-22-7-9-24-48(43)59(51(46)36-45(47)44-23-8-12-27-52(44)60-55)49-25-10-13-28-53(49)64-54-29-14-11-26-50(54)59/h1-36H. The molecule has 0 atom stereocenters. The lowest BCUT2D eigenvalue weighted by Crippen LogP contribution is -2.32. The number of aromatic nitrogens is 4. The Hall–Kier alpha value is -8.54. The molecular weight excluding hydrogens is 781 g/mol. The lowest BCUT2D eigenvalue weighted by molar-refractivity contribution is 0.436. The van der Waals surface area contributed by atoms with Gasteiger partial charge in [0.15, 0.2) is 17.5 Å². The van der Waals surface area contributed by atoms with Gasteiger partial charge in [0, 0.05) is 44.2 Å². The first kappa shape index (κ1) is 36.1. The first-order valence-electron chi connectivity index (χ1n) is 21.6. The molecule has 0 amide bonds. The largest absolute Gasteiger partial charge is 0.457 e. The van der Waals surface area contributed by atoms with Gasteiger partial charge >= 0.3 is 0 Å². The van der Waals surface area contributed by atoms with E-state index in [4.69, 9.17) is 24.7 Å². The number of hydrogen-bond donors (Lipinski definition) is 0. The van der Waals surface area contributed by atoms with Crippen molar-refractivity contribution in [1.82, 2.24) is 19.9 Å². The van der Waals surface area contributed by atoms with Gasteiger partial charge in [-0.3, -0.25) is 0 Å². The third-order valence-corrected chi connectivity index (χ3v) is 13.0. The lowest BCUT2D eigenvalue weighted by Gasteiger charge is -2.39. The zero-order chi connectivity index (χ0) is 42.2. The molecule has 0 radical (unpaired) electrons. The van der Waals surface area contributed by atoms with Crippen LogP contribution in [0.15, 0.2) is 218 Å². The van der Waals surface area contributed by atoms with Crippen molar-refractivity contribution in [3.05, 3.63) is 241 Å². The first-order chi connectivity index (χ1) is 31.7. The van der Waals surface area contributed by atoms with Crippen LogP contribution in [0.4, 0.5) is 0 Å². The molecule has 64 heavy (non-hydrogen) atoms. The number of rotatable bonds is 5. The highest BCUT2D eigenvalue weighted by Crippen LogP contribution is 2.62. The van der Waals surface area contributed by atoms with E-state index >= 15 is 0 Å². The van der Waals surface area contributed by atoms with Crippen molar-refractivity contribution >= 4 is 21.7 Å². The Balaban J connectivity index is 0.958. The van der Waals surface area contributed by atoms with Crippen LogP contribution in [0.1, 0.15) is 22.3 Å². The molecule has 1 aliphatic heterocycles. The van der Waals surface area contributed by atoms with E-state index in [-0.39, 0.29) is 0 Å². The molecular formula is C59H36N4O. The number of nitrogens with zero attached hydrogens (tertiary/aromatic N) is 4. The predicted molar refractivity (Wildman–Crippen MR) is 257 cm³/mol. The molecule has 13 rings (SSSR count). The van der Waals surface area contributed by atoms with E-state index in [1.165, 1.54) is 27.6 Å². The van der Waals surface area contributed by atoms with E-state index in [1.54, 1.807) is 0 Å². The van der Waals surface area contributed by atoms with Crippen LogP contribution in [-0.2, 0) is 5.41 Å². The smallest absolute Gasteiger partial charge is 0.164 e. The highest BCUT2D eigenvalue weighted by molar-refractivity contribution is 6.13. The molecule has 9 aromatic carbocycles. The predicted octanol–water partition coefficient (Wildman–Crippen LogP) is 14.4. The molecule has 2 aromatic heterocycles. The molecule has 1 spiro atoms. The average molecular weight is 817 g/mol. The number of para-hydroxylation sites is 3. The monoisotopic (exact) mass is 816 g/mol. The SMILES string of the molecule is c1ccc(-c2nc(-c3ccccc3)nc(-c3ccc(-c4cccc(-c5nc6ccccc6c6cc7c(cc56)-c5ccccc5C75c6ccccc6Oc6ccccc65)c4)cc3)n2)cc1. The van der Waals surface area contributed by atoms with E-state index in [1.807, 2.05) is 60.7 Å². The van der Waals surface area contributed by atoms with Gasteiger partial charge in [-0.25, -0.2) is 19.9 Å². The number of hydrogen-bond acceptors (Lipinski definition) is 5. The van der Waals surface area contributed by atoms with Crippen molar-refractivity contribution < 1.29 is 4.74 Å². The van der Waals surface area contributed by atoms with E-state index in [0.717, 1.165) is 78.0 Å². The van der Waals surface area contributed by atoms with Crippen molar-refractivity contribution in [2.75, 3.05) is 0 Å². The molecule has 3 heterocycles. The Morgan fingerprint density at radius 3 is 1.48 bits per heavy atom. The fourth-order valence-electron chi connectivity index (χ4n) is 10.1. The minimum absolute atomic E-state index is 0.560. The number of benzene rings is 9. The summed E-state index contributed by atoms with van der Waals surface area (Å²) in [7, 11) is 0. The maximum Gasteiger partial charge on any atom is 0.164 e. The molecule has 0 bridgehead atoms. The minimum Gasteiger partial charge on any atom is -0.457 e. The van der Waals surface area contributed by atoms with E-state index < -0.39 is 5.41 Å². The highest BCUT2D eigenvalue weighted by atomic mass is 16.5.